The molecule has 70 valence electrons. The van der Waals surface area contributed by atoms with Crippen molar-refractivity contribution >= 4 is 6.08 Å². The highest BCUT2D eigenvalue weighted by Gasteiger charge is 1.89. The van der Waals surface area contributed by atoms with Crippen molar-refractivity contribution in [2.24, 2.45) is 0 Å². The van der Waals surface area contributed by atoms with Gasteiger partial charge >= 0.3 is 0 Å². The Hall–Kier alpha value is -1.08. The summed E-state index contributed by atoms with van der Waals surface area (Å²) in [7, 11) is 1.95. The van der Waals surface area contributed by atoms with Crippen LogP contribution in [0.5, 0.6) is 0 Å². The third kappa shape index (κ3) is 3.43. The van der Waals surface area contributed by atoms with Crippen molar-refractivity contribution in [3.8, 4) is 0 Å². The van der Waals surface area contributed by atoms with Gasteiger partial charge in [-0.15, -0.1) is 0 Å². The van der Waals surface area contributed by atoms with Gasteiger partial charge in [-0.1, -0.05) is 43.3 Å². The summed E-state index contributed by atoms with van der Waals surface area (Å²) in [5, 5.41) is 3.08. The van der Waals surface area contributed by atoms with Crippen molar-refractivity contribution in [2.75, 3.05) is 13.6 Å². The minimum absolute atomic E-state index is 0.927. The normalized spacial score (nSPS) is 10.9. The molecule has 0 heterocycles. The topological polar surface area (TPSA) is 12.0 Å². The average Bonchev–Trinajstić information content (AvgIpc) is 2.19. The molecule has 0 aliphatic rings. The fourth-order valence-corrected chi connectivity index (χ4v) is 1.23. The van der Waals surface area contributed by atoms with Crippen LogP contribution in [0.1, 0.15) is 18.1 Å². The SMILES string of the molecule is CCc1cccc(C=CCNC)c1. The first-order valence-electron chi connectivity index (χ1n) is 4.77. The predicted molar refractivity (Wildman–Crippen MR) is 58.8 cm³/mol. The van der Waals surface area contributed by atoms with E-state index in [9.17, 15) is 0 Å². The minimum atomic E-state index is 0.927. The maximum absolute atomic E-state index is 3.08. The maximum atomic E-state index is 3.08. The van der Waals surface area contributed by atoms with E-state index in [1.165, 1.54) is 11.1 Å². The fourth-order valence-electron chi connectivity index (χ4n) is 1.23. The van der Waals surface area contributed by atoms with Gasteiger partial charge in [-0.2, -0.15) is 0 Å². The van der Waals surface area contributed by atoms with Crippen molar-refractivity contribution in [2.45, 2.75) is 13.3 Å². The van der Waals surface area contributed by atoms with Crippen LogP contribution in [0.3, 0.4) is 0 Å². The predicted octanol–water partition coefficient (Wildman–Crippen LogP) is 2.48. The first-order valence-corrected chi connectivity index (χ1v) is 4.77. The van der Waals surface area contributed by atoms with Crippen LogP contribution in [0.25, 0.3) is 6.08 Å². The summed E-state index contributed by atoms with van der Waals surface area (Å²) in [6, 6.07) is 8.63. The Bertz CT molecular complexity index is 276. The number of benzene rings is 1. The monoisotopic (exact) mass is 175 g/mol. The lowest BCUT2D eigenvalue weighted by Gasteiger charge is -1.98. The van der Waals surface area contributed by atoms with Crippen molar-refractivity contribution in [3.05, 3.63) is 41.5 Å². The van der Waals surface area contributed by atoms with Gasteiger partial charge < -0.3 is 5.32 Å². The van der Waals surface area contributed by atoms with Gasteiger partial charge in [0.1, 0.15) is 0 Å². The van der Waals surface area contributed by atoms with Crippen LogP contribution >= 0.6 is 0 Å². The summed E-state index contributed by atoms with van der Waals surface area (Å²) < 4.78 is 0. The van der Waals surface area contributed by atoms with Gasteiger partial charge in [-0.3, -0.25) is 0 Å². The molecule has 1 rings (SSSR count). The largest absolute Gasteiger partial charge is 0.316 e. The molecular weight excluding hydrogens is 158 g/mol. The Balaban J connectivity index is 2.66. The van der Waals surface area contributed by atoms with E-state index in [2.05, 4.69) is 48.7 Å². The first kappa shape index (κ1) is 10.0. The molecule has 0 saturated heterocycles. The van der Waals surface area contributed by atoms with E-state index in [4.69, 9.17) is 0 Å². The zero-order valence-electron chi connectivity index (χ0n) is 8.38. The number of likely N-dealkylation sites (N-methyl/N-ethyl adjacent to an activating group) is 1. The molecule has 13 heavy (non-hydrogen) atoms. The number of nitrogens with one attached hydrogen (secondary N) is 1. The zero-order valence-corrected chi connectivity index (χ0v) is 8.38. The summed E-state index contributed by atoms with van der Waals surface area (Å²) in [5.74, 6) is 0. The molecule has 1 aromatic carbocycles. The van der Waals surface area contributed by atoms with Gasteiger partial charge in [0.05, 0.1) is 0 Å². The Labute approximate surface area is 80.5 Å². The number of rotatable bonds is 4. The molecule has 1 aromatic rings. The fraction of sp³-hybridized carbons (Fsp3) is 0.333. The molecule has 1 heteroatoms. The van der Waals surface area contributed by atoms with E-state index in [0.29, 0.717) is 0 Å². The second-order valence-corrected chi connectivity index (χ2v) is 3.06. The van der Waals surface area contributed by atoms with Crippen LogP contribution in [0.4, 0.5) is 0 Å². The maximum Gasteiger partial charge on any atom is 0.0135 e. The summed E-state index contributed by atoms with van der Waals surface area (Å²) >= 11 is 0. The molecule has 0 atom stereocenters. The Morgan fingerprint density at radius 1 is 1.38 bits per heavy atom. The van der Waals surface area contributed by atoms with Gasteiger partial charge in [0.25, 0.3) is 0 Å². The third-order valence-electron chi connectivity index (χ3n) is 1.99. The van der Waals surface area contributed by atoms with Crippen LogP contribution in [0, 0.1) is 0 Å². The standard InChI is InChI=1S/C12H17N/c1-3-11-6-4-7-12(10-11)8-5-9-13-2/h4-8,10,13H,3,9H2,1-2H3. The average molecular weight is 175 g/mol. The smallest absolute Gasteiger partial charge is 0.0135 e. The van der Waals surface area contributed by atoms with E-state index >= 15 is 0 Å². The lowest BCUT2D eigenvalue weighted by Crippen LogP contribution is -2.03. The summed E-state index contributed by atoms with van der Waals surface area (Å²) in [4.78, 5) is 0. The van der Waals surface area contributed by atoms with Crippen LogP contribution in [0.15, 0.2) is 30.3 Å². The first-order chi connectivity index (χ1) is 6.36. The van der Waals surface area contributed by atoms with Crippen molar-refractivity contribution in [1.29, 1.82) is 0 Å². The molecule has 1 nitrogen and oxygen atoms in total. The van der Waals surface area contributed by atoms with Crippen LogP contribution in [-0.4, -0.2) is 13.6 Å². The van der Waals surface area contributed by atoms with Gasteiger partial charge in [0.2, 0.25) is 0 Å². The van der Waals surface area contributed by atoms with Gasteiger partial charge in [-0.25, -0.2) is 0 Å². The van der Waals surface area contributed by atoms with Crippen molar-refractivity contribution in [1.82, 2.24) is 5.32 Å². The highest BCUT2D eigenvalue weighted by atomic mass is 14.8. The highest BCUT2D eigenvalue weighted by molar-refractivity contribution is 5.50. The Morgan fingerprint density at radius 2 is 2.23 bits per heavy atom. The second kappa shape index (κ2) is 5.55. The Morgan fingerprint density at radius 3 is 2.92 bits per heavy atom. The Kier molecular flexibility index (Phi) is 4.27. The molecule has 0 unspecified atom stereocenters. The molecule has 0 radical (unpaired) electrons. The molecule has 0 aliphatic heterocycles. The number of aryl methyl sites for hydroxylation is 1. The number of hydrogen-bond donors (Lipinski definition) is 1. The van der Waals surface area contributed by atoms with Crippen LogP contribution in [0.2, 0.25) is 0 Å². The molecule has 0 spiro atoms. The highest BCUT2D eigenvalue weighted by Crippen LogP contribution is 2.07. The molecule has 0 fully saturated rings. The summed E-state index contributed by atoms with van der Waals surface area (Å²) in [5.41, 5.74) is 2.68. The lowest BCUT2D eigenvalue weighted by molar-refractivity contribution is 0.922. The van der Waals surface area contributed by atoms with Crippen molar-refractivity contribution in [3.63, 3.8) is 0 Å². The van der Waals surface area contributed by atoms with Gasteiger partial charge in [0, 0.05) is 6.54 Å². The minimum Gasteiger partial charge on any atom is -0.316 e. The van der Waals surface area contributed by atoms with Crippen LogP contribution < -0.4 is 5.32 Å². The molecular formula is C12H17N. The van der Waals surface area contributed by atoms with Gasteiger partial charge in [-0.05, 0) is 24.6 Å². The third-order valence-corrected chi connectivity index (χ3v) is 1.99. The van der Waals surface area contributed by atoms with Crippen LogP contribution in [-0.2, 0) is 6.42 Å². The van der Waals surface area contributed by atoms with E-state index in [0.717, 1.165) is 13.0 Å². The van der Waals surface area contributed by atoms with E-state index in [1.807, 2.05) is 7.05 Å². The van der Waals surface area contributed by atoms with Crippen molar-refractivity contribution < 1.29 is 0 Å². The molecule has 0 aromatic heterocycles. The summed E-state index contributed by atoms with van der Waals surface area (Å²) in [6.45, 7) is 3.10. The molecule has 0 saturated carbocycles. The summed E-state index contributed by atoms with van der Waals surface area (Å²) in [6.07, 6.45) is 5.39. The lowest BCUT2D eigenvalue weighted by atomic mass is 10.1. The van der Waals surface area contributed by atoms with Gasteiger partial charge in [0.15, 0.2) is 0 Å². The zero-order chi connectivity index (χ0) is 9.52. The van der Waals surface area contributed by atoms with E-state index in [-0.39, 0.29) is 0 Å². The molecule has 0 aliphatic carbocycles. The molecule has 0 bridgehead atoms. The molecule has 1 N–H and O–H groups in total. The van der Waals surface area contributed by atoms with E-state index < -0.39 is 0 Å². The quantitative estimate of drug-likeness (QED) is 0.741. The number of hydrogen-bond acceptors (Lipinski definition) is 1. The van der Waals surface area contributed by atoms with E-state index in [1.54, 1.807) is 0 Å². The second-order valence-electron chi connectivity index (χ2n) is 3.06. The molecule has 0 amide bonds.